The lowest BCUT2D eigenvalue weighted by Gasteiger charge is -2.09. The number of hydrogen-bond donors (Lipinski definition) is 0. The van der Waals surface area contributed by atoms with Crippen molar-refractivity contribution in [3.8, 4) is 11.5 Å². The topological polar surface area (TPSA) is 35.5 Å². The number of methoxy groups -OCH3 is 2. The number of ether oxygens (including phenoxy) is 2. The van der Waals surface area contributed by atoms with Gasteiger partial charge in [0.15, 0.2) is 5.78 Å². The standard InChI is InChI=1S/C24H21ClO3S/c1-27-21-11-3-17(4-12-21)15-23(24(26)19-7-9-20(25)10-8-19)29-16-18-5-13-22(28-2)14-6-18/h3-15H,16H2,1-2H3. The van der Waals surface area contributed by atoms with Crippen molar-refractivity contribution in [2.45, 2.75) is 5.75 Å². The molecule has 0 aliphatic carbocycles. The highest BCUT2D eigenvalue weighted by Crippen LogP contribution is 2.29. The van der Waals surface area contributed by atoms with Crippen molar-refractivity contribution >= 4 is 35.2 Å². The van der Waals surface area contributed by atoms with E-state index in [1.807, 2.05) is 54.6 Å². The normalized spacial score (nSPS) is 11.2. The van der Waals surface area contributed by atoms with Gasteiger partial charge in [0.25, 0.3) is 0 Å². The van der Waals surface area contributed by atoms with Crippen LogP contribution in [0.2, 0.25) is 5.02 Å². The number of allylic oxidation sites excluding steroid dienone is 1. The van der Waals surface area contributed by atoms with Gasteiger partial charge in [-0.25, -0.2) is 0 Å². The van der Waals surface area contributed by atoms with E-state index in [1.54, 1.807) is 38.5 Å². The molecule has 0 spiro atoms. The smallest absolute Gasteiger partial charge is 0.199 e. The summed E-state index contributed by atoms with van der Waals surface area (Å²) < 4.78 is 10.4. The summed E-state index contributed by atoms with van der Waals surface area (Å²) in [5, 5.41) is 0.605. The number of halogens is 1. The Morgan fingerprint density at radius 1 is 0.862 bits per heavy atom. The predicted molar refractivity (Wildman–Crippen MR) is 121 cm³/mol. The predicted octanol–water partition coefficient (Wildman–Crippen LogP) is 6.51. The molecule has 0 aliphatic heterocycles. The Labute approximate surface area is 180 Å². The van der Waals surface area contributed by atoms with Gasteiger partial charge in [0.2, 0.25) is 0 Å². The maximum Gasteiger partial charge on any atom is 0.199 e. The highest BCUT2D eigenvalue weighted by Gasteiger charge is 2.14. The number of Topliss-reactive ketones (excluding diaryl/α,β-unsaturated/α-hetero) is 1. The van der Waals surface area contributed by atoms with E-state index in [1.165, 1.54) is 11.8 Å². The van der Waals surface area contributed by atoms with Crippen LogP contribution < -0.4 is 9.47 Å². The van der Waals surface area contributed by atoms with E-state index in [4.69, 9.17) is 21.1 Å². The van der Waals surface area contributed by atoms with Gasteiger partial charge in [-0.3, -0.25) is 4.79 Å². The van der Waals surface area contributed by atoms with E-state index in [9.17, 15) is 4.79 Å². The van der Waals surface area contributed by atoms with Crippen molar-refractivity contribution in [2.24, 2.45) is 0 Å². The number of hydrogen-bond acceptors (Lipinski definition) is 4. The molecular formula is C24H21ClO3S. The minimum Gasteiger partial charge on any atom is -0.497 e. The maximum atomic E-state index is 13.1. The van der Waals surface area contributed by atoms with Crippen LogP contribution in [0.25, 0.3) is 6.08 Å². The third kappa shape index (κ3) is 5.89. The summed E-state index contributed by atoms with van der Waals surface area (Å²) in [7, 11) is 3.27. The first kappa shape index (κ1) is 21.0. The lowest BCUT2D eigenvalue weighted by atomic mass is 10.1. The van der Waals surface area contributed by atoms with E-state index >= 15 is 0 Å². The van der Waals surface area contributed by atoms with Crippen molar-refractivity contribution < 1.29 is 14.3 Å². The third-order valence-electron chi connectivity index (χ3n) is 4.30. The van der Waals surface area contributed by atoms with Gasteiger partial charge in [-0.15, -0.1) is 11.8 Å². The fraction of sp³-hybridized carbons (Fsp3) is 0.125. The number of benzene rings is 3. The van der Waals surface area contributed by atoms with Crippen molar-refractivity contribution in [1.29, 1.82) is 0 Å². The first-order chi connectivity index (χ1) is 14.1. The van der Waals surface area contributed by atoms with E-state index in [0.717, 1.165) is 22.6 Å². The van der Waals surface area contributed by atoms with Gasteiger partial charge >= 0.3 is 0 Å². The second kappa shape index (κ2) is 10.2. The minimum atomic E-state index is -0.0315. The molecule has 148 valence electrons. The molecule has 0 fully saturated rings. The Hall–Kier alpha value is -2.69. The van der Waals surface area contributed by atoms with Crippen LogP contribution in [0.3, 0.4) is 0 Å². The highest BCUT2D eigenvalue weighted by atomic mass is 35.5. The SMILES string of the molecule is COc1ccc(C=C(SCc2ccc(OC)cc2)C(=O)c2ccc(Cl)cc2)cc1. The molecule has 0 saturated heterocycles. The quantitative estimate of drug-likeness (QED) is 0.305. The van der Waals surface area contributed by atoms with Crippen molar-refractivity contribution in [2.75, 3.05) is 14.2 Å². The van der Waals surface area contributed by atoms with Crippen molar-refractivity contribution in [3.63, 3.8) is 0 Å². The van der Waals surface area contributed by atoms with Gasteiger partial charge in [-0.05, 0) is 65.7 Å². The number of carbonyl (C=O) groups is 1. The summed E-state index contributed by atoms with van der Waals surface area (Å²) in [5.41, 5.74) is 2.65. The van der Waals surface area contributed by atoms with Gasteiger partial charge in [0.05, 0.1) is 19.1 Å². The van der Waals surface area contributed by atoms with Gasteiger partial charge in [0, 0.05) is 16.3 Å². The molecule has 0 unspecified atom stereocenters. The number of ketones is 1. The molecule has 0 saturated carbocycles. The van der Waals surface area contributed by atoms with E-state index in [2.05, 4.69) is 0 Å². The van der Waals surface area contributed by atoms with Gasteiger partial charge < -0.3 is 9.47 Å². The Morgan fingerprint density at radius 3 is 1.97 bits per heavy atom. The fourth-order valence-electron chi connectivity index (χ4n) is 2.65. The van der Waals surface area contributed by atoms with Crippen molar-refractivity contribution in [3.05, 3.63) is 99.4 Å². The van der Waals surface area contributed by atoms with Gasteiger partial charge in [-0.1, -0.05) is 35.9 Å². The van der Waals surface area contributed by atoms with Crippen LogP contribution in [-0.4, -0.2) is 20.0 Å². The van der Waals surface area contributed by atoms with E-state index < -0.39 is 0 Å². The zero-order valence-electron chi connectivity index (χ0n) is 16.2. The Bertz CT molecular complexity index is 978. The zero-order valence-corrected chi connectivity index (χ0v) is 17.8. The summed E-state index contributed by atoms with van der Waals surface area (Å²) in [6.45, 7) is 0. The summed E-state index contributed by atoms with van der Waals surface area (Å²) in [6, 6.07) is 22.4. The average Bonchev–Trinajstić information content (AvgIpc) is 2.77. The summed E-state index contributed by atoms with van der Waals surface area (Å²) in [5.74, 6) is 2.23. The van der Waals surface area contributed by atoms with Crippen LogP contribution in [0.1, 0.15) is 21.5 Å². The van der Waals surface area contributed by atoms with Crippen molar-refractivity contribution in [1.82, 2.24) is 0 Å². The molecule has 3 aromatic rings. The minimum absolute atomic E-state index is 0.0315. The molecule has 0 amide bonds. The molecule has 0 heterocycles. The first-order valence-corrected chi connectivity index (χ1v) is 10.4. The molecule has 29 heavy (non-hydrogen) atoms. The Balaban J connectivity index is 1.85. The summed E-state index contributed by atoms with van der Waals surface area (Å²) >= 11 is 7.47. The fourth-order valence-corrected chi connectivity index (χ4v) is 3.76. The van der Waals surface area contributed by atoms with Crippen LogP contribution in [0.4, 0.5) is 0 Å². The molecule has 0 N–H and O–H groups in total. The first-order valence-electron chi connectivity index (χ1n) is 9.01. The molecule has 0 aliphatic rings. The Morgan fingerprint density at radius 2 is 1.41 bits per heavy atom. The third-order valence-corrected chi connectivity index (χ3v) is 5.64. The summed E-state index contributed by atoms with van der Waals surface area (Å²) in [6.07, 6.45) is 1.91. The number of thioether (sulfide) groups is 1. The number of carbonyl (C=O) groups excluding carboxylic acids is 1. The maximum absolute atomic E-state index is 13.1. The molecular weight excluding hydrogens is 404 g/mol. The van der Waals surface area contributed by atoms with Crippen LogP contribution >= 0.6 is 23.4 Å². The molecule has 0 aromatic heterocycles. The molecule has 0 radical (unpaired) electrons. The van der Waals surface area contributed by atoms with Crippen LogP contribution in [0.15, 0.2) is 77.7 Å². The zero-order chi connectivity index (χ0) is 20.6. The van der Waals surface area contributed by atoms with Crippen LogP contribution in [0, 0.1) is 0 Å². The van der Waals surface area contributed by atoms with Gasteiger partial charge in [0.1, 0.15) is 11.5 Å². The largest absolute Gasteiger partial charge is 0.497 e. The van der Waals surface area contributed by atoms with Gasteiger partial charge in [-0.2, -0.15) is 0 Å². The number of rotatable bonds is 8. The molecule has 0 bridgehead atoms. The second-order valence-corrected chi connectivity index (χ2v) is 7.71. The summed E-state index contributed by atoms with van der Waals surface area (Å²) in [4.78, 5) is 13.8. The van der Waals surface area contributed by atoms with Crippen LogP contribution in [0.5, 0.6) is 11.5 Å². The molecule has 5 heteroatoms. The highest BCUT2D eigenvalue weighted by molar-refractivity contribution is 8.03. The monoisotopic (exact) mass is 424 g/mol. The Kier molecular flexibility index (Phi) is 7.39. The molecule has 3 rings (SSSR count). The lowest BCUT2D eigenvalue weighted by molar-refractivity contribution is 0.104. The molecule has 0 atom stereocenters. The molecule has 3 aromatic carbocycles. The lowest BCUT2D eigenvalue weighted by Crippen LogP contribution is -2.01. The average molecular weight is 425 g/mol. The van der Waals surface area contributed by atoms with E-state index in [0.29, 0.717) is 21.2 Å². The second-order valence-electron chi connectivity index (χ2n) is 6.25. The van der Waals surface area contributed by atoms with Crippen LogP contribution in [-0.2, 0) is 5.75 Å². The molecule has 3 nitrogen and oxygen atoms in total. The van der Waals surface area contributed by atoms with E-state index in [-0.39, 0.29) is 5.78 Å².